The van der Waals surface area contributed by atoms with Crippen molar-refractivity contribution in [2.45, 2.75) is 111 Å². The first kappa shape index (κ1) is 22.6. The van der Waals surface area contributed by atoms with Crippen LogP contribution >= 0.6 is 0 Å². The number of carbonyl (C=O) groups is 1. The summed E-state index contributed by atoms with van der Waals surface area (Å²) in [5.41, 5.74) is 0.591. The first-order valence-corrected chi connectivity index (χ1v) is 13.0. The molecule has 3 nitrogen and oxygen atoms in total. The average Bonchev–Trinajstić information content (AvgIpc) is 3.03. The van der Waals surface area contributed by atoms with Crippen LogP contribution in [0.5, 0.6) is 0 Å². The fourth-order valence-corrected chi connectivity index (χ4v) is 9.11. The molecule has 1 heterocycles. The standard InChI is InChI=1S/C27H47NO2/c1-17(2)8-7-9-18(3)19-10-11-20-25-21(12-14-26(19,20)4)27(5)15-13-24(30)28(6)23(27)16-22(25)29/h17-23,25,29H,7-16H2,1-6H3/t18?,19?,20?,21?,22-,23?,25?,26+,27+/m0/s1. The molecule has 3 heteroatoms. The number of nitrogens with zero attached hydrogens (tertiary/aromatic N) is 1. The molecule has 3 saturated carbocycles. The van der Waals surface area contributed by atoms with Crippen LogP contribution in [0.2, 0.25) is 0 Å². The Bertz CT molecular complexity index is 647. The molecule has 172 valence electrons. The van der Waals surface area contributed by atoms with Crippen LogP contribution in [0.25, 0.3) is 0 Å². The predicted octanol–water partition coefficient (Wildman–Crippen LogP) is 5.90. The van der Waals surface area contributed by atoms with Crippen molar-refractivity contribution < 1.29 is 9.90 Å². The highest BCUT2D eigenvalue weighted by Crippen LogP contribution is 2.67. The average molecular weight is 418 g/mol. The van der Waals surface area contributed by atoms with Gasteiger partial charge in [0.1, 0.15) is 0 Å². The minimum absolute atomic E-state index is 0.189. The number of hydrogen-bond donors (Lipinski definition) is 1. The van der Waals surface area contributed by atoms with Gasteiger partial charge in [0.25, 0.3) is 0 Å². The molecule has 6 unspecified atom stereocenters. The second-order valence-electron chi connectivity index (χ2n) is 12.7. The van der Waals surface area contributed by atoms with Gasteiger partial charge in [-0.2, -0.15) is 0 Å². The maximum atomic E-state index is 12.4. The van der Waals surface area contributed by atoms with Gasteiger partial charge in [0, 0.05) is 19.5 Å². The predicted molar refractivity (Wildman–Crippen MR) is 123 cm³/mol. The van der Waals surface area contributed by atoms with E-state index >= 15 is 0 Å². The fraction of sp³-hybridized carbons (Fsp3) is 0.963. The molecule has 1 N–H and O–H groups in total. The van der Waals surface area contributed by atoms with Crippen molar-refractivity contribution in [2.75, 3.05) is 7.05 Å². The summed E-state index contributed by atoms with van der Waals surface area (Å²) >= 11 is 0. The highest BCUT2D eigenvalue weighted by Gasteiger charge is 2.63. The summed E-state index contributed by atoms with van der Waals surface area (Å²) in [6, 6.07) is 0.228. The van der Waals surface area contributed by atoms with Crippen LogP contribution in [0.4, 0.5) is 0 Å². The van der Waals surface area contributed by atoms with Gasteiger partial charge in [-0.15, -0.1) is 0 Å². The first-order chi connectivity index (χ1) is 14.1. The van der Waals surface area contributed by atoms with Gasteiger partial charge < -0.3 is 10.0 Å². The van der Waals surface area contributed by atoms with E-state index in [1.807, 2.05) is 11.9 Å². The van der Waals surface area contributed by atoms with Crippen LogP contribution in [0.3, 0.4) is 0 Å². The molecule has 0 radical (unpaired) electrons. The number of amides is 1. The first-order valence-electron chi connectivity index (χ1n) is 13.0. The molecule has 0 spiro atoms. The van der Waals surface area contributed by atoms with E-state index in [0.29, 0.717) is 29.6 Å². The van der Waals surface area contributed by atoms with Crippen LogP contribution in [0.15, 0.2) is 0 Å². The van der Waals surface area contributed by atoms with Crippen molar-refractivity contribution in [3.05, 3.63) is 0 Å². The molecule has 1 saturated heterocycles. The maximum absolute atomic E-state index is 12.4. The number of carbonyl (C=O) groups excluding carboxylic acids is 1. The van der Waals surface area contributed by atoms with Gasteiger partial charge in [-0.05, 0) is 84.9 Å². The van der Waals surface area contributed by atoms with Crippen molar-refractivity contribution in [1.29, 1.82) is 0 Å². The summed E-state index contributed by atoms with van der Waals surface area (Å²) < 4.78 is 0. The Hall–Kier alpha value is -0.570. The van der Waals surface area contributed by atoms with Gasteiger partial charge in [-0.1, -0.05) is 53.9 Å². The summed E-state index contributed by atoms with van der Waals surface area (Å²) in [7, 11) is 1.98. The van der Waals surface area contributed by atoms with E-state index in [0.717, 1.165) is 30.6 Å². The number of rotatable bonds is 5. The number of likely N-dealkylation sites (tertiary alicyclic amines) is 1. The third kappa shape index (κ3) is 3.46. The Kier molecular flexibility index (Phi) is 6.10. The van der Waals surface area contributed by atoms with E-state index in [4.69, 9.17) is 0 Å². The van der Waals surface area contributed by atoms with Crippen LogP contribution in [0, 0.1) is 46.3 Å². The molecule has 9 atom stereocenters. The lowest BCUT2D eigenvalue weighted by molar-refractivity contribution is -0.181. The number of hydrogen-bond acceptors (Lipinski definition) is 2. The van der Waals surface area contributed by atoms with Crippen LogP contribution < -0.4 is 0 Å². The van der Waals surface area contributed by atoms with E-state index in [1.54, 1.807) is 0 Å². The van der Waals surface area contributed by atoms with Crippen molar-refractivity contribution in [3.8, 4) is 0 Å². The van der Waals surface area contributed by atoms with Gasteiger partial charge in [-0.3, -0.25) is 4.79 Å². The molecule has 1 aliphatic heterocycles. The lowest BCUT2D eigenvalue weighted by Crippen LogP contribution is -2.64. The van der Waals surface area contributed by atoms with Gasteiger partial charge in [-0.25, -0.2) is 0 Å². The Balaban J connectivity index is 1.53. The Morgan fingerprint density at radius 1 is 1.03 bits per heavy atom. The summed E-state index contributed by atoms with van der Waals surface area (Å²) in [4.78, 5) is 14.4. The van der Waals surface area contributed by atoms with Gasteiger partial charge in [0.2, 0.25) is 5.91 Å². The minimum Gasteiger partial charge on any atom is -0.393 e. The zero-order chi connectivity index (χ0) is 21.8. The monoisotopic (exact) mass is 417 g/mol. The molecule has 4 fully saturated rings. The van der Waals surface area contributed by atoms with E-state index in [2.05, 4.69) is 34.6 Å². The molecule has 0 aromatic rings. The normalized spacial score (nSPS) is 47.1. The van der Waals surface area contributed by atoms with Crippen LogP contribution in [0.1, 0.15) is 98.8 Å². The number of aliphatic hydroxyl groups is 1. The summed E-state index contributed by atoms with van der Waals surface area (Å²) in [5.74, 6) is 4.41. The lowest BCUT2D eigenvalue weighted by Gasteiger charge is -2.63. The molecule has 0 aromatic heterocycles. The second-order valence-corrected chi connectivity index (χ2v) is 12.7. The summed E-state index contributed by atoms with van der Waals surface area (Å²) in [6.07, 6.45) is 11.6. The number of fused-ring (bicyclic) bond motifs is 5. The molecular weight excluding hydrogens is 370 g/mol. The van der Waals surface area contributed by atoms with Crippen LogP contribution in [-0.2, 0) is 4.79 Å². The van der Waals surface area contributed by atoms with Crippen molar-refractivity contribution in [3.63, 3.8) is 0 Å². The fourth-order valence-electron chi connectivity index (χ4n) is 9.11. The quantitative estimate of drug-likeness (QED) is 0.605. The zero-order valence-corrected chi connectivity index (χ0v) is 20.5. The topological polar surface area (TPSA) is 40.5 Å². The van der Waals surface area contributed by atoms with Gasteiger partial charge in [0.05, 0.1) is 6.10 Å². The van der Waals surface area contributed by atoms with E-state index in [9.17, 15) is 9.90 Å². The largest absolute Gasteiger partial charge is 0.393 e. The Morgan fingerprint density at radius 2 is 1.73 bits per heavy atom. The summed E-state index contributed by atoms with van der Waals surface area (Å²) in [6.45, 7) is 12.2. The highest BCUT2D eigenvalue weighted by molar-refractivity contribution is 5.77. The van der Waals surface area contributed by atoms with Gasteiger partial charge in [0.15, 0.2) is 0 Å². The molecule has 1 amide bonds. The summed E-state index contributed by atoms with van der Waals surface area (Å²) in [5, 5.41) is 11.4. The molecule has 4 rings (SSSR count). The highest BCUT2D eigenvalue weighted by atomic mass is 16.3. The third-order valence-corrected chi connectivity index (χ3v) is 10.8. The molecule has 0 bridgehead atoms. The second kappa shape index (κ2) is 8.09. The van der Waals surface area contributed by atoms with E-state index in [-0.39, 0.29) is 23.5 Å². The third-order valence-electron chi connectivity index (χ3n) is 10.8. The van der Waals surface area contributed by atoms with Crippen molar-refractivity contribution in [1.82, 2.24) is 4.90 Å². The molecule has 0 aromatic carbocycles. The molecular formula is C27H47NO2. The Morgan fingerprint density at radius 3 is 2.43 bits per heavy atom. The maximum Gasteiger partial charge on any atom is 0.222 e. The van der Waals surface area contributed by atoms with Crippen LogP contribution in [-0.4, -0.2) is 35.1 Å². The van der Waals surface area contributed by atoms with E-state index in [1.165, 1.54) is 44.9 Å². The molecule has 4 aliphatic rings. The van der Waals surface area contributed by atoms with Crippen molar-refractivity contribution in [2.24, 2.45) is 46.3 Å². The van der Waals surface area contributed by atoms with Crippen molar-refractivity contribution >= 4 is 5.91 Å². The Labute approximate surface area is 185 Å². The minimum atomic E-state index is -0.235. The molecule has 3 aliphatic carbocycles. The smallest absolute Gasteiger partial charge is 0.222 e. The SMILES string of the molecule is CC(C)CCCC(C)C1CCC2C3C(CC[C@]12C)[C@@]1(C)CCC(=O)N(C)C1C[C@@H]3O. The number of aliphatic hydroxyl groups excluding tert-OH is 1. The molecule has 30 heavy (non-hydrogen) atoms. The lowest BCUT2D eigenvalue weighted by atomic mass is 9.45. The van der Waals surface area contributed by atoms with Gasteiger partial charge >= 0.3 is 0 Å². The van der Waals surface area contributed by atoms with E-state index < -0.39 is 0 Å². The number of piperidine rings is 1. The zero-order valence-electron chi connectivity index (χ0n) is 20.5.